The predicted octanol–water partition coefficient (Wildman–Crippen LogP) is 1.12. The Labute approximate surface area is 213 Å². The number of guanidine groups is 1. The lowest BCUT2D eigenvalue weighted by Gasteiger charge is -2.11. The van der Waals surface area contributed by atoms with Crippen molar-refractivity contribution in [2.45, 2.75) is 4.90 Å². The molecule has 1 amide bonds. The molecular weight excluding hydrogens is 522 g/mol. The van der Waals surface area contributed by atoms with Crippen LogP contribution in [0.25, 0.3) is 21.8 Å². The van der Waals surface area contributed by atoms with Gasteiger partial charge in [0.25, 0.3) is 15.9 Å². The van der Waals surface area contributed by atoms with Crippen LogP contribution < -0.4 is 21.4 Å². The van der Waals surface area contributed by atoms with Gasteiger partial charge in [0.15, 0.2) is 0 Å². The first-order chi connectivity index (χ1) is 17.3. The van der Waals surface area contributed by atoms with Crippen LogP contribution in [0.15, 0.2) is 82.1 Å². The molecule has 4 aromatic rings. The normalized spacial score (nSPS) is 11.4. The molecule has 4 rings (SSSR count). The maximum atomic E-state index is 13.3. The number of fused-ring (bicyclic) bond motifs is 2. The van der Waals surface area contributed by atoms with Gasteiger partial charge in [0.2, 0.25) is 27.4 Å². The van der Waals surface area contributed by atoms with Gasteiger partial charge in [-0.25, -0.2) is 8.42 Å². The zero-order valence-corrected chi connectivity index (χ0v) is 21.3. The molecule has 0 bridgehead atoms. The first-order valence-corrected chi connectivity index (χ1v) is 13.2. The second kappa shape index (κ2) is 10.9. The average molecular weight is 546 g/mol. The minimum Gasteiger partial charge on any atom is -0.726 e. The molecule has 0 saturated carbocycles. The molecule has 37 heavy (non-hydrogen) atoms. The van der Waals surface area contributed by atoms with E-state index in [0.717, 1.165) is 28.9 Å². The highest BCUT2D eigenvalue weighted by Gasteiger charge is 2.22. The summed E-state index contributed by atoms with van der Waals surface area (Å²) in [4.78, 5) is 13.2. The van der Waals surface area contributed by atoms with E-state index in [2.05, 4.69) is 13.9 Å². The number of benzene rings is 3. The summed E-state index contributed by atoms with van der Waals surface area (Å²) >= 11 is 0. The number of pyridine rings is 1. The number of hydrogen-bond acceptors (Lipinski definition) is 7. The smallest absolute Gasteiger partial charge is 0.285 e. The predicted molar refractivity (Wildman–Crippen MR) is 137 cm³/mol. The molecule has 0 saturated heterocycles. The van der Waals surface area contributed by atoms with Crippen LogP contribution in [-0.4, -0.2) is 40.4 Å². The first-order valence-electron chi connectivity index (χ1n) is 10.4. The highest BCUT2D eigenvalue weighted by atomic mass is 32.3. The monoisotopic (exact) mass is 545 g/mol. The fraction of sp³-hybridized carbons (Fsp3) is 0.0870. The van der Waals surface area contributed by atoms with Gasteiger partial charge in [0.1, 0.15) is 7.05 Å². The quantitative estimate of drug-likeness (QED) is 0.0821. The summed E-state index contributed by atoms with van der Waals surface area (Å²) in [5.41, 5.74) is 13.2. The number of rotatable bonds is 5. The molecule has 0 aliphatic carbocycles. The van der Waals surface area contributed by atoms with Crippen LogP contribution >= 0.6 is 0 Å². The summed E-state index contributed by atoms with van der Waals surface area (Å²) in [5.74, 6) is -0.846. The van der Waals surface area contributed by atoms with E-state index in [4.69, 9.17) is 11.5 Å². The zero-order valence-electron chi connectivity index (χ0n) is 19.7. The van der Waals surface area contributed by atoms with E-state index >= 15 is 0 Å². The van der Waals surface area contributed by atoms with Crippen molar-refractivity contribution in [3.8, 4) is 0 Å². The summed E-state index contributed by atoms with van der Waals surface area (Å²) in [6.45, 7) is 0. The average Bonchev–Trinajstić information content (AvgIpc) is 2.84. The fourth-order valence-electron chi connectivity index (χ4n) is 3.57. The van der Waals surface area contributed by atoms with Crippen molar-refractivity contribution in [2.75, 3.05) is 12.4 Å². The van der Waals surface area contributed by atoms with Crippen LogP contribution in [0.5, 0.6) is 0 Å². The number of para-hydroxylation sites is 2. The molecule has 0 atom stereocenters. The van der Waals surface area contributed by atoms with Crippen molar-refractivity contribution in [1.82, 2.24) is 0 Å². The van der Waals surface area contributed by atoms with Crippen LogP contribution in [0.4, 0.5) is 5.69 Å². The molecule has 1 aromatic heterocycles. The molecule has 0 radical (unpaired) electrons. The van der Waals surface area contributed by atoms with Crippen LogP contribution in [0.1, 0.15) is 10.4 Å². The number of carbonyl (C=O) groups excluding carboxylic acids is 1. The lowest BCUT2D eigenvalue weighted by molar-refractivity contribution is -0.617. The van der Waals surface area contributed by atoms with Crippen molar-refractivity contribution >= 4 is 59.8 Å². The minimum absolute atomic E-state index is 0.0819. The number of aromatic nitrogens is 1. The lowest BCUT2D eigenvalue weighted by Crippen LogP contribution is -2.31. The Bertz CT molecular complexity index is 1660. The van der Waals surface area contributed by atoms with Crippen molar-refractivity contribution in [3.05, 3.63) is 78.4 Å². The zero-order chi connectivity index (χ0) is 27.4. The summed E-state index contributed by atoms with van der Waals surface area (Å²) in [7, 11) is -5.64. The Morgan fingerprint density at radius 3 is 1.78 bits per heavy atom. The number of anilines is 1. The van der Waals surface area contributed by atoms with E-state index in [-0.39, 0.29) is 10.8 Å². The van der Waals surface area contributed by atoms with Gasteiger partial charge in [-0.1, -0.05) is 24.3 Å². The number of nitrogens with one attached hydrogen (secondary N) is 1. The Hall–Kier alpha value is -4.11. The maximum absolute atomic E-state index is 13.3. The van der Waals surface area contributed by atoms with Gasteiger partial charge < -0.3 is 21.3 Å². The van der Waals surface area contributed by atoms with Crippen LogP contribution in [0.2, 0.25) is 0 Å². The fourth-order valence-corrected chi connectivity index (χ4v) is 4.43. The second-order valence-corrected chi connectivity index (χ2v) is 10.3. The van der Waals surface area contributed by atoms with E-state index in [1.807, 2.05) is 60.1 Å². The van der Waals surface area contributed by atoms with Gasteiger partial charge in [0.05, 0.1) is 28.3 Å². The lowest BCUT2D eigenvalue weighted by atomic mass is 10.0. The molecule has 1 heterocycles. The van der Waals surface area contributed by atoms with Crippen molar-refractivity contribution in [3.63, 3.8) is 0 Å². The SMILES string of the molecule is COS(=O)(=O)[O-].C[n+]1c2ccccc2c(C(=O)Nc2ccc(S(=O)(=O)N=C(N)N)cc2)c2ccccc21. The molecule has 0 unspecified atom stereocenters. The minimum atomic E-state index is -4.41. The molecule has 0 spiro atoms. The third-order valence-corrected chi connectivity index (χ3v) is 6.86. The molecule has 0 fully saturated rings. The topological polar surface area (TPSA) is 198 Å². The maximum Gasteiger partial charge on any atom is 0.285 e. The standard InChI is InChI=1S/C22H19N5O3S.CH4O4S/c1-27-18-8-4-2-6-16(18)20(17-7-3-5-9-19(17)27)21(28)25-14-10-12-15(13-11-14)31(29,30)26-22(23)24;1-5-6(2,3)4/h2-13H,1H3,(H4-,23,24,25,26,28);1H3,(H,2,3,4). The van der Waals surface area contributed by atoms with E-state index in [1.54, 1.807) is 0 Å². The van der Waals surface area contributed by atoms with Crippen LogP contribution in [-0.2, 0) is 31.7 Å². The van der Waals surface area contributed by atoms with Crippen molar-refractivity contribution < 1.29 is 34.9 Å². The Balaban J connectivity index is 0.000000568. The van der Waals surface area contributed by atoms with Crippen molar-refractivity contribution in [2.24, 2.45) is 22.9 Å². The Kier molecular flexibility index (Phi) is 8.08. The Morgan fingerprint density at radius 2 is 1.35 bits per heavy atom. The van der Waals surface area contributed by atoms with Gasteiger partial charge in [-0.05, 0) is 36.4 Å². The van der Waals surface area contributed by atoms with Crippen LogP contribution in [0.3, 0.4) is 0 Å². The number of hydrogen-bond donors (Lipinski definition) is 3. The molecule has 3 aromatic carbocycles. The first kappa shape index (κ1) is 27.5. The van der Waals surface area contributed by atoms with E-state index in [9.17, 15) is 26.2 Å². The number of sulfonamides is 1. The molecule has 0 aliphatic rings. The van der Waals surface area contributed by atoms with E-state index < -0.39 is 26.4 Å². The number of aryl methyl sites for hydroxylation is 1. The number of amides is 1. The summed E-state index contributed by atoms with van der Waals surface area (Å²) in [5, 5.41) is 4.48. The molecule has 14 heteroatoms. The molecule has 0 aliphatic heterocycles. The summed E-state index contributed by atoms with van der Waals surface area (Å²) in [6.07, 6.45) is 0. The van der Waals surface area contributed by atoms with Crippen molar-refractivity contribution in [1.29, 1.82) is 0 Å². The second-order valence-electron chi connectivity index (χ2n) is 7.51. The number of carbonyl (C=O) groups is 1. The molecule has 5 N–H and O–H groups in total. The largest absolute Gasteiger partial charge is 0.726 e. The van der Waals surface area contributed by atoms with E-state index in [1.165, 1.54) is 24.3 Å². The number of nitrogens with two attached hydrogens (primary N) is 2. The molecule has 12 nitrogen and oxygen atoms in total. The van der Waals surface area contributed by atoms with Gasteiger partial charge in [-0.3, -0.25) is 8.98 Å². The van der Waals surface area contributed by atoms with Gasteiger partial charge in [-0.2, -0.15) is 13.0 Å². The summed E-state index contributed by atoms with van der Waals surface area (Å²) in [6, 6.07) is 21.0. The van der Waals surface area contributed by atoms with Gasteiger partial charge >= 0.3 is 0 Å². The van der Waals surface area contributed by atoms with E-state index in [0.29, 0.717) is 11.3 Å². The third kappa shape index (κ3) is 6.56. The molecular formula is C23H23N5O7S2. The molecule has 194 valence electrons. The van der Waals surface area contributed by atoms with Gasteiger partial charge in [-0.15, -0.1) is 4.40 Å². The van der Waals surface area contributed by atoms with Gasteiger partial charge in [0, 0.05) is 17.8 Å². The number of nitrogens with zero attached hydrogens (tertiary/aromatic N) is 2. The Morgan fingerprint density at radius 1 is 0.892 bits per heavy atom. The van der Waals surface area contributed by atoms with Crippen LogP contribution in [0, 0.1) is 0 Å². The highest BCUT2D eigenvalue weighted by molar-refractivity contribution is 7.90. The highest BCUT2D eigenvalue weighted by Crippen LogP contribution is 2.26. The summed E-state index contributed by atoms with van der Waals surface area (Å²) < 4.78 is 60.5. The third-order valence-electron chi connectivity index (χ3n) is 5.14.